The number of hydrogen-bond acceptors (Lipinski definition) is 3. The molecular weight excluding hydrogens is 232 g/mol. The second-order valence-corrected chi connectivity index (χ2v) is 4.58. The highest BCUT2D eigenvalue weighted by atomic mass is 16.3. The second-order valence-electron chi connectivity index (χ2n) is 4.58. The zero-order valence-corrected chi connectivity index (χ0v) is 10.4. The predicted molar refractivity (Wildman–Crippen MR) is 66.4 cm³/mol. The largest absolute Gasteiger partial charge is 0.508 e. The Morgan fingerprint density at radius 3 is 2.78 bits per heavy atom. The van der Waals surface area contributed by atoms with Gasteiger partial charge in [0.15, 0.2) is 0 Å². The maximum atomic E-state index is 11.9. The predicted octanol–water partition coefficient (Wildman–Crippen LogP) is 0.661. The van der Waals surface area contributed by atoms with Gasteiger partial charge in [0.2, 0.25) is 5.91 Å². The molecule has 1 atom stereocenters. The maximum absolute atomic E-state index is 11.9. The monoisotopic (exact) mass is 248 g/mol. The van der Waals surface area contributed by atoms with Crippen molar-refractivity contribution in [3.8, 4) is 5.75 Å². The van der Waals surface area contributed by atoms with Crippen molar-refractivity contribution in [2.24, 2.45) is 0 Å². The van der Waals surface area contributed by atoms with Crippen LogP contribution < -0.4 is 5.32 Å². The van der Waals surface area contributed by atoms with E-state index in [1.54, 1.807) is 31.0 Å². The van der Waals surface area contributed by atoms with E-state index in [0.717, 1.165) is 0 Å². The topological polar surface area (TPSA) is 69.6 Å². The van der Waals surface area contributed by atoms with Crippen molar-refractivity contribution in [3.05, 3.63) is 29.3 Å². The van der Waals surface area contributed by atoms with Crippen LogP contribution in [0.25, 0.3) is 0 Å². The number of amides is 2. The molecule has 1 aliphatic rings. The number of carbonyl (C=O) groups excluding carboxylic acids is 2. The summed E-state index contributed by atoms with van der Waals surface area (Å²) in [5.74, 6) is -0.323. The van der Waals surface area contributed by atoms with Crippen LogP contribution in [0.1, 0.15) is 22.3 Å². The minimum Gasteiger partial charge on any atom is -0.508 e. The van der Waals surface area contributed by atoms with Crippen LogP contribution in [-0.2, 0) is 4.79 Å². The first-order chi connectivity index (χ1) is 8.49. The van der Waals surface area contributed by atoms with Gasteiger partial charge in [-0.3, -0.25) is 9.59 Å². The molecule has 0 bridgehead atoms. The quantitative estimate of drug-likeness (QED) is 0.807. The normalized spacial score (nSPS) is 19.1. The molecule has 1 aromatic carbocycles. The molecule has 5 nitrogen and oxygen atoms in total. The number of nitrogens with one attached hydrogen (secondary N) is 1. The summed E-state index contributed by atoms with van der Waals surface area (Å²) < 4.78 is 0. The molecule has 0 aliphatic carbocycles. The Hall–Kier alpha value is -2.04. The van der Waals surface area contributed by atoms with E-state index in [1.165, 1.54) is 6.07 Å². The van der Waals surface area contributed by atoms with Gasteiger partial charge in [0, 0.05) is 19.2 Å². The van der Waals surface area contributed by atoms with Crippen molar-refractivity contribution in [1.82, 2.24) is 10.2 Å². The Labute approximate surface area is 105 Å². The molecular formula is C13H16N2O3. The van der Waals surface area contributed by atoms with E-state index in [4.69, 9.17) is 0 Å². The summed E-state index contributed by atoms with van der Waals surface area (Å²) in [5.41, 5.74) is 1.07. The zero-order chi connectivity index (χ0) is 13.3. The van der Waals surface area contributed by atoms with Crippen LogP contribution in [0.5, 0.6) is 5.75 Å². The third kappa shape index (κ3) is 2.30. The molecule has 96 valence electrons. The van der Waals surface area contributed by atoms with E-state index in [1.807, 2.05) is 0 Å². The van der Waals surface area contributed by atoms with Crippen LogP contribution in [0.2, 0.25) is 0 Å². The molecule has 18 heavy (non-hydrogen) atoms. The van der Waals surface area contributed by atoms with Gasteiger partial charge >= 0.3 is 0 Å². The Bertz CT molecular complexity index is 499. The van der Waals surface area contributed by atoms with Crippen LogP contribution >= 0.6 is 0 Å². The fraction of sp³-hybridized carbons (Fsp3) is 0.385. The van der Waals surface area contributed by atoms with E-state index in [-0.39, 0.29) is 17.6 Å². The first-order valence-corrected chi connectivity index (χ1v) is 5.84. The summed E-state index contributed by atoms with van der Waals surface area (Å²) in [5, 5.41) is 12.2. The molecule has 0 radical (unpaired) electrons. The number of likely N-dealkylation sites (tertiary alicyclic amines) is 1. The summed E-state index contributed by atoms with van der Waals surface area (Å²) in [6, 6.07) is 4.26. The van der Waals surface area contributed by atoms with Crippen LogP contribution in [0.4, 0.5) is 0 Å². The second kappa shape index (κ2) is 4.68. The highest BCUT2D eigenvalue weighted by Crippen LogP contribution is 2.18. The van der Waals surface area contributed by atoms with Crippen LogP contribution in [0.3, 0.4) is 0 Å². The maximum Gasteiger partial charge on any atom is 0.252 e. The molecule has 1 fully saturated rings. The summed E-state index contributed by atoms with van der Waals surface area (Å²) in [7, 11) is 1.71. The number of likely N-dealkylation sites (N-methyl/N-ethyl adjacent to an activating group) is 1. The van der Waals surface area contributed by atoms with E-state index in [9.17, 15) is 14.7 Å². The van der Waals surface area contributed by atoms with Crippen molar-refractivity contribution >= 4 is 11.8 Å². The lowest BCUT2D eigenvalue weighted by molar-refractivity contribution is -0.128. The molecule has 1 unspecified atom stereocenters. The minimum atomic E-state index is -0.453. The molecule has 2 amide bonds. The van der Waals surface area contributed by atoms with Gasteiger partial charge in [-0.25, -0.2) is 0 Å². The first kappa shape index (κ1) is 12.4. The first-order valence-electron chi connectivity index (χ1n) is 5.84. The Morgan fingerprint density at radius 1 is 1.50 bits per heavy atom. The van der Waals surface area contributed by atoms with Gasteiger partial charge in [-0.1, -0.05) is 6.07 Å². The summed E-state index contributed by atoms with van der Waals surface area (Å²) in [4.78, 5) is 25.2. The number of aryl methyl sites for hydroxylation is 1. The Balaban J connectivity index is 2.08. The highest BCUT2D eigenvalue weighted by Gasteiger charge is 2.30. The fourth-order valence-corrected chi connectivity index (χ4v) is 1.95. The lowest BCUT2D eigenvalue weighted by atomic mass is 10.1. The van der Waals surface area contributed by atoms with Crippen molar-refractivity contribution in [1.29, 1.82) is 0 Å². The average Bonchev–Trinajstić information content (AvgIpc) is 2.64. The Kier molecular flexibility index (Phi) is 3.23. The lowest BCUT2D eigenvalue weighted by Crippen LogP contribution is -2.40. The van der Waals surface area contributed by atoms with Crippen molar-refractivity contribution in [2.45, 2.75) is 19.4 Å². The molecule has 0 saturated carbocycles. The molecule has 1 heterocycles. The van der Waals surface area contributed by atoms with Crippen LogP contribution in [-0.4, -0.2) is 41.5 Å². The molecule has 1 aromatic rings. The number of benzene rings is 1. The molecule has 1 saturated heterocycles. The van der Waals surface area contributed by atoms with Crippen molar-refractivity contribution < 1.29 is 14.7 Å². The number of nitrogens with zero attached hydrogens (tertiary/aromatic N) is 1. The van der Waals surface area contributed by atoms with Crippen molar-refractivity contribution in [2.75, 3.05) is 13.6 Å². The van der Waals surface area contributed by atoms with E-state index >= 15 is 0 Å². The number of phenolic OH excluding ortho intramolecular Hbond substituents is 1. The van der Waals surface area contributed by atoms with E-state index < -0.39 is 6.04 Å². The minimum absolute atomic E-state index is 0.0697. The fourth-order valence-electron chi connectivity index (χ4n) is 1.95. The van der Waals surface area contributed by atoms with Crippen LogP contribution in [0.15, 0.2) is 18.2 Å². The third-order valence-corrected chi connectivity index (χ3v) is 3.20. The van der Waals surface area contributed by atoms with Gasteiger partial charge in [0.1, 0.15) is 11.8 Å². The summed E-state index contributed by atoms with van der Waals surface area (Å²) in [6.07, 6.45) is 0.624. The molecule has 5 heteroatoms. The number of phenols is 1. The molecule has 1 aliphatic heterocycles. The smallest absolute Gasteiger partial charge is 0.252 e. The number of hydrogen-bond donors (Lipinski definition) is 2. The van der Waals surface area contributed by atoms with Gasteiger partial charge in [-0.05, 0) is 31.0 Å². The number of aromatic hydroxyl groups is 1. The average molecular weight is 248 g/mol. The zero-order valence-electron chi connectivity index (χ0n) is 10.4. The summed E-state index contributed by atoms with van der Waals surface area (Å²) >= 11 is 0. The van der Waals surface area contributed by atoms with Gasteiger partial charge in [0.25, 0.3) is 5.91 Å². The number of carbonyl (C=O) groups is 2. The van der Waals surface area contributed by atoms with Gasteiger partial charge in [0.05, 0.1) is 0 Å². The number of rotatable bonds is 2. The van der Waals surface area contributed by atoms with Gasteiger partial charge < -0.3 is 15.3 Å². The standard InChI is InChI=1S/C13H16N2O3/c1-8-3-4-9(7-11(8)16)12(17)14-10-5-6-15(2)13(10)18/h3-4,7,10,16H,5-6H2,1-2H3,(H,14,17). The molecule has 0 aromatic heterocycles. The SMILES string of the molecule is Cc1ccc(C(=O)NC2CCN(C)C2=O)cc1O. The summed E-state index contributed by atoms with van der Waals surface area (Å²) in [6.45, 7) is 2.41. The molecule has 0 spiro atoms. The third-order valence-electron chi connectivity index (χ3n) is 3.20. The molecule has 2 rings (SSSR count). The molecule has 2 N–H and O–H groups in total. The van der Waals surface area contributed by atoms with E-state index in [0.29, 0.717) is 24.1 Å². The Morgan fingerprint density at radius 2 is 2.22 bits per heavy atom. The van der Waals surface area contributed by atoms with Gasteiger partial charge in [-0.2, -0.15) is 0 Å². The van der Waals surface area contributed by atoms with Gasteiger partial charge in [-0.15, -0.1) is 0 Å². The van der Waals surface area contributed by atoms with E-state index in [2.05, 4.69) is 5.32 Å². The van der Waals surface area contributed by atoms with Crippen LogP contribution in [0, 0.1) is 6.92 Å². The van der Waals surface area contributed by atoms with Crippen molar-refractivity contribution in [3.63, 3.8) is 0 Å². The highest BCUT2D eigenvalue weighted by molar-refractivity contribution is 5.98. The lowest BCUT2D eigenvalue weighted by Gasteiger charge is -2.12.